The van der Waals surface area contributed by atoms with Crippen LogP contribution in [-0.2, 0) is 14.2 Å². The number of pyridine rings is 1. The monoisotopic (exact) mass is 488 g/mol. The molecule has 35 heavy (non-hydrogen) atoms. The molecule has 2 aromatic rings. The Labute approximate surface area is 202 Å². The molecule has 1 saturated carbocycles. The van der Waals surface area contributed by atoms with Crippen LogP contribution in [-0.4, -0.2) is 53.5 Å². The molecule has 1 aromatic carbocycles. The Morgan fingerprint density at radius 2 is 1.89 bits per heavy atom. The van der Waals surface area contributed by atoms with Gasteiger partial charge < -0.3 is 18.8 Å². The third kappa shape index (κ3) is 6.06. The highest BCUT2D eigenvalue weighted by molar-refractivity contribution is 5.94. The smallest absolute Gasteiger partial charge is 0.420 e. The van der Waals surface area contributed by atoms with Gasteiger partial charge in [0.1, 0.15) is 17.0 Å². The molecule has 0 N–H and O–H groups in total. The van der Waals surface area contributed by atoms with Crippen molar-refractivity contribution >= 4 is 35.1 Å². The summed E-state index contributed by atoms with van der Waals surface area (Å²) in [7, 11) is 1.13. The number of rotatable bonds is 6. The maximum Gasteiger partial charge on any atom is 0.420 e. The van der Waals surface area contributed by atoms with Crippen molar-refractivity contribution in [3.63, 3.8) is 0 Å². The fourth-order valence-corrected chi connectivity index (χ4v) is 3.46. The van der Waals surface area contributed by atoms with Crippen molar-refractivity contribution in [3.8, 4) is 0 Å². The molecule has 9 nitrogen and oxygen atoms in total. The van der Waals surface area contributed by atoms with E-state index in [1.54, 1.807) is 32.3 Å². The lowest BCUT2D eigenvalue weighted by Gasteiger charge is -2.24. The zero-order valence-electron chi connectivity index (χ0n) is 20.4. The Morgan fingerprint density at radius 3 is 2.46 bits per heavy atom. The first-order valence-electron chi connectivity index (χ1n) is 11.3. The van der Waals surface area contributed by atoms with Gasteiger partial charge in [-0.3, -0.25) is 4.79 Å². The van der Waals surface area contributed by atoms with Crippen molar-refractivity contribution in [2.75, 3.05) is 20.3 Å². The second kappa shape index (κ2) is 10.3. The highest BCUT2D eigenvalue weighted by atomic mass is 19.1. The van der Waals surface area contributed by atoms with E-state index in [1.807, 2.05) is 0 Å². The van der Waals surface area contributed by atoms with E-state index in [2.05, 4.69) is 4.74 Å². The fourth-order valence-electron chi connectivity index (χ4n) is 3.46. The van der Waals surface area contributed by atoms with Gasteiger partial charge in [0.2, 0.25) is 5.43 Å². The first-order chi connectivity index (χ1) is 16.5. The van der Waals surface area contributed by atoms with E-state index in [9.17, 15) is 23.6 Å². The summed E-state index contributed by atoms with van der Waals surface area (Å²) in [6.07, 6.45) is 4.19. The topological polar surface area (TPSA) is 104 Å². The first-order valence-corrected chi connectivity index (χ1v) is 11.3. The van der Waals surface area contributed by atoms with Crippen molar-refractivity contribution in [1.82, 2.24) is 9.47 Å². The Hall–Kier alpha value is -3.69. The van der Waals surface area contributed by atoms with Gasteiger partial charge in [0.05, 0.1) is 25.8 Å². The summed E-state index contributed by atoms with van der Waals surface area (Å²) >= 11 is 0. The number of ether oxygens (including phenoxy) is 3. The minimum absolute atomic E-state index is 0.0713. The van der Waals surface area contributed by atoms with Crippen LogP contribution in [0.25, 0.3) is 17.0 Å². The van der Waals surface area contributed by atoms with Crippen molar-refractivity contribution in [3.05, 3.63) is 51.6 Å². The summed E-state index contributed by atoms with van der Waals surface area (Å²) in [5.74, 6) is -1.45. The van der Waals surface area contributed by atoms with E-state index in [4.69, 9.17) is 9.47 Å². The Bertz CT molecular complexity index is 1240. The van der Waals surface area contributed by atoms with Crippen LogP contribution in [0.3, 0.4) is 0 Å². The Morgan fingerprint density at radius 1 is 1.20 bits per heavy atom. The molecule has 0 atom stereocenters. The highest BCUT2D eigenvalue weighted by Crippen LogP contribution is 2.37. The predicted octanol–water partition coefficient (Wildman–Crippen LogP) is 4.67. The number of methoxy groups -OCH3 is 1. The molecule has 1 aliphatic carbocycles. The van der Waals surface area contributed by atoms with Gasteiger partial charge in [0, 0.05) is 23.2 Å². The average Bonchev–Trinajstić information content (AvgIpc) is 3.61. The van der Waals surface area contributed by atoms with Gasteiger partial charge in [0.15, 0.2) is 0 Å². The maximum atomic E-state index is 14.9. The Balaban J connectivity index is 1.96. The van der Waals surface area contributed by atoms with Gasteiger partial charge in [-0.05, 0) is 52.7 Å². The van der Waals surface area contributed by atoms with Crippen molar-refractivity contribution in [2.45, 2.75) is 52.2 Å². The number of halogens is 1. The van der Waals surface area contributed by atoms with Crippen LogP contribution in [0, 0.1) is 5.82 Å². The number of hydrogen-bond acceptors (Lipinski definition) is 7. The number of carbonyl (C=O) groups is 3. The van der Waals surface area contributed by atoms with Gasteiger partial charge in [-0.15, -0.1) is 0 Å². The molecule has 0 spiro atoms. The zero-order chi connectivity index (χ0) is 25.9. The minimum atomic E-state index is -0.919. The summed E-state index contributed by atoms with van der Waals surface area (Å²) in [6, 6.07) is 2.69. The van der Waals surface area contributed by atoms with Crippen LogP contribution in [0.15, 0.2) is 29.2 Å². The summed E-state index contributed by atoms with van der Waals surface area (Å²) < 4.78 is 31.6. The summed E-state index contributed by atoms with van der Waals surface area (Å²) in [5, 5.41) is 0.0713. The Kier molecular flexibility index (Phi) is 7.62. The lowest BCUT2D eigenvalue weighted by Crippen LogP contribution is -2.40. The molecular weight excluding hydrogens is 459 g/mol. The van der Waals surface area contributed by atoms with Crippen molar-refractivity contribution in [1.29, 1.82) is 0 Å². The summed E-state index contributed by atoms with van der Waals surface area (Å²) in [5.41, 5.74) is -0.953. The van der Waals surface area contributed by atoms with Gasteiger partial charge >= 0.3 is 18.2 Å². The van der Waals surface area contributed by atoms with E-state index in [0.29, 0.717) is 5.52 Å². The van der Waals surface area contributed by atoms with Gasteiger partial charge in [0.25, 0.3) is 0 Å². The number of aromatic nitrogens is 1. The van der Waals surface area contributed by atoms with E-state index in [-0.39, 0.29) is 35.7 Å². The lowest BCUT2D eigenvalue weighted by molar-refractivity contribution is 0.0267. The minimum Gasteiger partial charge on any atom is -0.462 e. The molecule has 1 aliphatic rings. The largest absolute Gasteiger partial charge is 0.462 e. The quantitative estimate of drug-likeness (QED) is 0.430. The van der Waals surface area contributed by atoms with Crippen LogP contribution in [0.4, 0.5) is 14.0 Å². The number of benzene rings is 1. The molecule has 0 saturated heterocycles. The molecule has 188 valence electrons. The van der Waals surface area contributed by atoms with Crippen LogP contribution in [0.5, 0.6) is 0 Å². The molecule has 1 aromatic heterocycles. The molecule has 1 fully saturated rings. The molecule has 1 heterocycles. The number of hydrogen-bond donors (Lipinski definition) is 0. The maximum absolute atomic E-state index is 14.9. The fraction of sp³-hybridized carbons (Fsp3) is 0.440. The molecule has 2 amide bonds. The molecule has 0 radical (unpaired) electrons. The third-order valence-corrected chi connectivity index (χ3v) is 5.18. The van der Waals surface area contributed by atoms with Crippen LogP contribution in [0.2, 0.25) is 0 Å². The second-order valence-electron chi connectivity index (χ2n) is 9.09. The second-order valence-corrected chi connectivity index (χ2v) is 9.09. The van der Waals surface area contributed by atoms with Gasteiger partial charge in [-0.2, -0.15) is 0 Å². The van der Waals surface area contributed by atoms with Crippen LogP contribution < -0.4 is 5.43 Å². The molecule has 3 rings (SSSR count). The molecular formula is C25H29FN2O7. The van der Waals surface area contributed by atoms with Crippen molar-refractivity contribution < 1.29 is 33.0 Å². The van der Waals surface area contributed by atoms with E-state index in [1.165, 1.54) is 24.4 Å². The van der Waals surface area contributed by atoms with Gasteiger partial charge in [-0.1, -0.05) is 12.2 Å². The normalized spacial score (nSPS) is 13.7. The molecule has 10 heteroatoms. The number of carbonyl (C=O) groups excluding carboxylic acids is 3. The van der Waals surface area contributed by atoms with Gasteiger partial charge in [-0.25, -0.2) is 23.7 Å². The van der Waals surface area contributed by atoms with E-state index >= 15 is 0 Å². The van der Waals surface area contributed by atoms with Crippen molar-refractivity contribution in [2.24, 2.45) is 0 Å². The molecule has 0 bridgehead atoms. The first kappa shape index (κ1) is 25.9. The zero-order valence-corrected chi connectivity index (χ0v) is 20.4. The van der Waals surface area contributed by atoms with Crippen LogP contribution >= 0.6 is 0 Å². The van der Waals surface area contributed by atoms with E-state index in [0.717, 1.165) is 30.9 Å². The average molecular weight is 489 g/mol. The van der Waals surface area contributed by atoms with E-state index < -0.39 is 35.0 Å². The number of amides is 2. The predicted molar refractivity (Wildman–Crippen MR) is 127 cm³/mol. The third-order valence-electron chi connectivity index (χ3n) is 5.18. The highest BCUT2D eigenvalue weighted by Gasteiger charge is 2.28. The van der Waals surface area contributed by atoms with Crippen LogP contribution in [0.1, 0.15) is 62.5 Å². The number of nitrogens with zero attached hydrogens (tertiary/aromatic N) is 2. The molecule has 0 aliphatic heterocycles. The SMILES string of the molecule is CCOC(=O)c1cn(C2CC2)c2cc(/C=C/CN(C(=O)OC)C(=O)OC(C)(C)C)c(F)cc2c1=O. The standard InChI is InChI=1S/C25H29FN2O7/c1-6-34-22(30)18-14-28(16-9-10-16)20-12-15(19(26)13-17(20)21(18)29)8-7-11-27(23(31)33-5)24(32)35-25(2,3)4/h7-8,12-14,16H,6,9-11H2,1-5H3/b8-7+. The number of imide groups is 1. The summed E-state index contributed by atoms with van der Waals surface area (Å²) in [4.78, 5) is 50.3. The lowest BCUT2D eigenvalue weighted by atomic mass is 10.1. The number of fused-ring (bicyclic) bond motifs is 1. The number of esters is 1. The molecule has 0 unspecified atom stereocenters. The summed E-state index contributed by atoms with van der Waals surface area (Å²) in [6.45, 7) is 6.51.